The molecule has 1 heterocycles. The lowest BCUT2D eigenvalue weighted by Gasteiger charge is -2.24. The second-order valence-corrected chi connectivity index (χ2v) is 5.83. The van der Waals surface area contributed by atoms with Gasteiger partial charge in [0.2, 0.25) is 0 Å². The van der Waals surface area contributed by atoms with E-state index in [4.69, 9.17) is 0 Å². The molecule has 0 amide bonds. The second kappa shape index (κ2) is 5.85. The van der Waals surface area contributed by atoms with Crippen LogP contribution in [0.4, 0.5) is 5.82 Å². The van der Waals surface area contributed by atoms with E-state index >= 15 is 0 Å². The molecular weight excluding hydrogens is 276 g/mol. The zero-order valence-corrected chi connectivity index (χ0v) is 12.3. The topological polar surface area (TPSA) is 16.1 Å². The van der Waals surface area contributed by atoms with E-state index in [0.29, 0.717) is 0 Å². The van der Waals surface area contributed by atoms with E-state index in [1.807, 2.05) is 6.20 Å². The molecule has 2 nitrogen and oxygen atoms in total. The van der Waals surface area contributed by atoms with Gasteiger partial charge in [0.15, 0.2) is 0 Å². The molecule has 1 aliphatic rings. The quantitative estimate of drug-likeness (QED) is 0.738. The fourth-order valence-corrected chi connectivity index (χ4v) is 2.26. The standard InChI is InChI=1S/C14H21BrN2/c1-11(2)7-8-17(13-4-5-13)14-6-3-12(9-15)10-16-14/h3,6,10-11,13H,4-5,7-9H2,1-2H3. The van der Waals surface area contributed by atoms with Crippen molar-refractivity contribution in [3.8, 4) is 0 Å². The molecular formula is C14H21BrN2. The van der Waals surface area contributed by atoms with Crippen LogP contribution in [0.3, 0.4) is 0 Å². The summed E-state index contributed by atoms with van der Waals surface area (Å²) in [7, 11) is 0. The van der Waals surface area contributed by atoms with E-state index in [1.165, 1.54) is 24.8 Å². The predicted molar refractivity (Wildman–Crippen MR) is 76.7 cm³/mol. The van der Waals surface area contributed by atoms with Crippen LogP contribution >= 0.6 is 15.9 Å². The highest BCUT2D eigenvalue weighted by atomic mass is 79.9. The van der Waals surface area contributed by atoms with Gasteiger partial charge in [0.1, 0.15) is 5.82 Å². The lowest BCUT2D eigenvalue weighted by Crippen LogP contribution is -2.28. The van der Waals surface area contributed by atoms with Crippen LogP contribution in [-0.2, 0) is 5.33 Å². The molecule has 1 saturated carbocycles. The molecule has 0 atom stereocenters. The van der Waals surface area contributed by atoms with E-state index in [1.54, 1.807) is 0 Å². The van der Waals surface area contributed by atoms with Gasteiger partial charge < -0.3 is 4.90 Å². The smallest absolute Gasteiger partial charge is 0.128 e. The molecule has 0 spiro atoms. The van der Waals surface area contributed by atoms with E-state index in [-0.39, 0.29) is 0 Å². The van der Waals surface area contributed by atoms with E-state index < -0.39 is 0 Å². The van der Waals surface area contributed by atoms with Crippen molar-refractivity contribution in [2.45, 2.75) is 44.5 Å². The van der Waals surface area contributed by atoms with Gasteiger partial charge in [-0.05, 0) is 36.8 Å². The molecule has 3 heteroatoms. The minimum Gasteiger partial charge on any atom is -0.354 e. The first-order chi connectivity index (χ1) is 8.20. The maximum Gasteiger partial charge on any atom is 0.128 e. The molecule has 1 aromatic rings. The normalized spacial score (nSPS) is 15.3. The second-order valence-electron chi connectivity index (χ2n) is 5.27. The molecule has 0 radical (unpaired) electrons. The summed E-state index contributed by atoms with van der Waals surface area (Å²) in [5, 5.41) is 0.885. The lowest BCUT2D eigenvalue weighted by atomic mass is 10.1. The number of halogens is 1. The Hall–Kier alpha value is -0.570. The highest BCUT2D eigenvalue weighted by Gasteiger charge is 2.29. The Balaban J connectivity index is 2.03. The molecule has 1 aromatic heterocycles. The average molecular weight is 297 g/mol. The van der Waals surface area contributed by atoms with Gasteiger partial charge in [0.05, 0.1) is 0 Å². The molecule has 0 aromatic carbocycles. The van der Waals surface area contributed by atoms with Crippen LogP contribution in [-0.4, -0.2) is 17.6 Å². The SMILES string of the molecule is CC(C)CCN(c1ccc(CBr)cn1)C1CC1. The number of pyridine rings is 1. The van der Waals surface area contributed by atoms with Gasteiger partial charge in [0, 0.05) is 24.1 Å². The van der Waals surface area contributed by atoms with Gasteiger partial charge >= 0.3 is 0 Å². The van der Waals surface area contributed by atoms with Crippen molar-refractivity contribution in [3.63, 3.8) is 0 Å². The van der Waals surface area contributed by atoms with Crippen LogP contribution in [0, 0.1) is 5.92 Å². The number of aromatic nitrogens is 1. The zero-order valence-electron chi connectivity index (χ0n) is 10.7. The Morgan fingerprint density at radius 2 is 2.18 bits per heavy atom. The Kier molecular flexibility index (Phi) is 4.43. The van der Waals surface area contributed by atoms with Crippen molar-refractivity contribution < 1.29 is 0 Å². The highest BCUT2D eigenvalue weighted by Crippen LogP contribution is 2.31. The summed E-state index contributed by atoms with van der Waals surface area (Å²) < 4.78 is 0. The summed E-state index contributed by atoms with van der Waals surface area (Å²) >= 11 is 3.46. The third-order valence-corrected chi connectivity index (χ3v) is 3.84. The maximum absolute atomic E-state index is 4.58. The minimum absolute atomic E-state index is 0.746. The summed E-state index contributed by atoms with van der Waals surface area (Å²) in [5.41, 5.74) is 1.24. The molecule has 0 bridgehead atoms. The van der Waals surface area contributed by atoms with Gasteiger partial charge in [-0.2, -0.15) is 0 Å². The van der Waals surface area contributed by atoms with Crippen LogP contribution < -0.4 is 4.90 Å². The summed E-state index contributed by atoms with van der Waals surface area (Å²) in [6.45, 7) is 5.71. The molecule has 2 rings (SSSR count). The van der Waals surface area contributed by atoms with Crippen molar-refractivity contribution in [2.24, 2.45) is 5.92 Å². The fraction of sp³-hybridized carbons (Fsp3) is 0.643. The van der Waals surface area contributed by atoms with Gasteiger partial charge in [-0.3, -0.25) is 0 Å². The Morgan fingerprint density at radius 3 is 2.65 bits per heavy atom. The number of alkyl halides is 1. The van der Waals surface area contributed by atoms with Crippen molar-refractivity contribution in [1.82, 2.24) is 4.98 Å². The Labute approximate surface area is 113 Å². The minimum atomic E-state index is 0.746. The largest absolute Gasteiger partial charge is 0.354 e. The van der Waals surface area contributed by atoms with Gasteiger partial charge in [0.25, 0.3) is 0 Å². The first-order valence-corrected chi connectivity index (χ1v) is 7.60. The molecule has 17 heavy (non-hydrogen) atoms. The van der Waals surface area contributed by atoms with Crippen molar-refractivity contribution in [3.05, 3.63) is 23.9 Å². The monoisotopic (exact) mass is 296 g/mol. The van der Waals surface area contributed by atoms with Crippen molar-refractivity contribution in [1.29, 1.82) is 0 Å². The summed E-state index contributed by atoms with van der Waals surface area (Å²) in [6.07, 6.45) is 5.90. The van der Waals surface area contributed by atoms with Crippen molar-refractivity contribution >= 4 is 21.7 Å². The number of nitrogens with zero attached hydrogens (tertiary/aromatic N) is 2. The number of anilines is 1. The lowest BCUT2D eigenvalue weighted by molar-refractivity contribution is 0.568. The van der Waals surface area contributed by atoms with E-state index in [9.17, 15) is 0 Å². The van der Waals surface area contributed by atoms with Crippen molar-refractivity contribution in [2.75, 3.05) is 11.4 Å². The molecule has 0 saturated heterocycles. The molecule has 0 N–H and O–H groups in total. The van der Waals surface area contributed by atoms with Crippen LogP contribution in [0.15, 0.2) is 18.3 Å². The summed E-state index contributed by atoms with van der Waals surface area (Å²) in [4.78, 5) is 7.07. The van der Waals surface area contributed by atoms with Crippen LogP contribution in [0.25, 0.3) is 0 Å². The van der Waals surface area contributed by atoms with E-state index in [0.717, 1.165) is 29.7 Å². The molecule has 0 aliphatic heterocycles. The first-order valence-electron chi connectivity index (χ1n) is 6.48. The van der Waals surface area contributed by atoms with Crippen LogP contribution in [0.2, 0.25) is 0 Å². The molecule has 1 fully saturated rings. The number of hydrogen-bond donors (Lipinski definition) is 0. The van der Waals surface area contributed by atoms with E-state index in [2.05, 4.69) is 51.8 Å². The summed E-state index contributed by atoms with van der Waals surface area (Å²) in [6, 6.07) is 5.08. The summed E-state index contributed by atoms with van der Waals surface area (Å²) in [5.74, 6) is 1.91. The Bertz CT molecular complexity index is 344. The zero-order chi connectivity index (χ0) is 12.3. The van der Waals surface area contributed by atoms with Gasteiger partial charge in [-0.15, -0.1) is 0 Å². The first kappa shape index (κ1) is 12.9. The van der Waals surface area contributed by atoms with Gasteiger partial charge in [-0.25, -0.2) is 4.98 Å². The van der Waals surface area contributed by atoms with Crippen LogP contribution in [0.1, 0.15) is 38.7 Å². The molecule has 1 aliphatic carbocycles. The number of hydrogen-bond acceptors (Lipinski definition) is 2. The predicted octanol–water partition coefficient (Wildman–Crippen LogP) is 3.99. The Morgan fingerprint density at radius 1 is 1.41 bits per heavy atom. The van der Waals surface area contributed by atoms with Gasteiger partial charge in [-0.1, -0.05) is 35.8 Å². The average Bonchev–Trinajstić information content (AvgIpc) is 3.14. The maximum atomic E-state index is 4.58. The number of rotatable bonds is 6. The third kappa shape index (κ3) is 3.70. The third-order valence-electron chi connectivity index (χ3n) is 3.19. The highest BCUT2D eigenvalue weighted by molar-refractivity contribution is 9.08. The molecule has 94 valence electrons. The fourth-order valence-electron chi connectivity index (χ4n) is 1.93. The van der Waals surface area contributed by atoms with Crippen LogP contribution in [0.5, 0.6) is 0 Å². The molecule has 0 unspecified atom stereocenters.